The zero-order chi connectivity index (χ0) is 25.7. The number of carbonyl (C=O) groups excluding carboxylic acids is 1. The number of rotatable bonds is 6. The van der Waals surface area contributed by atoms with Gasteiger partial charge in [-0.3, -0.25) is 9.59 Å². The van der Waals surface area contributed by atoms with E-state index in [1.807, 2.05) is 75.4 Å². The van der Waals surface area contributed by atoms with Crippen molar-refractivity contribution in [2.24, 2.45) is 0 Å². The topological polar surface area (TPSA) is 78.2 Å². The predicted octanol–water partition coefficient (Wildman–Crippen LogP) is 5.67. The maximum absolute atomic E-state index is 13.9. The van der Waals surface area contributed by atoms with Gasteiger partial charge >= 0.3 is 0 Å². The molecule has 0 spiro atoms. The number of carbonyl (C=O) groups is 1. The van der Waals surface area contributed by atoms with Crippen molar-refractivity contribution in [2.45, 2.75) is 39.8 Å². The summed E-state index contributed by atoms with van der Waals surface area (Å²) in [6.45, 7) is 6.98. The van der Waals surface area contributed by atoms with E-state index in [1.54, 1.807) is 4.90 Å². The van der Waals surface area contributed by atoms with E-state index >= 15 is 0 Å². The van der Waals surface area contributed by atoms with Crippen LogP contribution < -0.4 is 19.6 Å². The third kappa shape index (κ3) is 3.91. The second-order valence-electron chi connectivity index (χ2n) is 9.55. The Morgan fingerprint density at radius 3 is 2.62 bits per heavy atom. The average Bonchev–Trinajstić information content (AvgIpc) is 3.47. The van der Waals surface area contributed by atoms with Crippen LogP contribution in [0.1, 0.15) is 57.8 Å². The summed E-state index contributed by atoms with van der Waals surface area (Å²) in [6.07, 6.45) is 0.875. The molecule has 0 bridgehead atoms. The second kappa shape index (κ2) is 9.00. The number of nitrogens with zero attached hydrogens (tertiary/aromatic N) is 1. The molecule has 3 heterocycles. The average molecular weight is 498 g/mol. The number of aryl methyl sites for hydroxylation is 2. The molecule has 1 unspecified atom stereocenters. The van der Waals surface area contributed by atoms with E-state index in [0.29, 0.717) is 40.4 Å². The zero-order valence-corrected chi connectivity index (χ0v) is 21.0. The molecule has 3 aromatic carbocycles. The van der Waals surface area contributed by atoms with E-state index in [2.05, 4.69) is 0 Å². The number of hydrogen-bond acceptors (Lipinski definition) is 6. The summed E-state index contributed by atoms with van der Waals surface area (Å²) in [5.74, 6) is 1.77. The molecule has 0 fully saturated rings. The molecular weight excluding hydrogens is 470 g/mol. The number of ether oxygens (including phenoxy) is 3. The summed E-state index contributed by atoms with van der Waals surface area (Å²) in [4.78, 5) is 29.4. The molecule has 6 rings (SSSR count). The van der Waals surface area contributed by atoms with Crippen LogP contribution in [0.4, 0.5) is 0 Å². The fraction of sp³-hybridized carbons (Fsp3) is 0.267. The van der Waals surface area contributed by atoms with Crippen LogP contribution in [-0.2, 0) is 6.54 Å². The van der Waals surface area contributed by atoms with Crippen LogP contribution in [0.3, 0.4) is 0 Å². The summed E-state index contributed by atoms with van der Waals surface area (Å²) in [6, 6.07) is 16.2. The number of fused-ring (bicyclic) bond motifs is 3. The smallest absolute Gasteiger partial charge is 0.291 e. The molecule has 1 atom stereocenters. The molecule has 1 amide bonds. The van der Waals surface area contributed by atoms with Gasteiger partial charge in [-0.05, 0) is 78.9 Å². The lowest BCUT2D eigenvalue weighted by atomic mass is 9.97. The van der Waals surface area contributed by atoms with Crippen molar-refractivity contribution >= 4 is 16.9 Å². The minimum atomic E-state index is -0.625. The van der Waals surface area contributed by atoms with Gasteiger partial charge in [0.25, 0.3) is 5.91 Å². The molecule has 0 N–H and O–H groups in total. The van der Waals surface area contributed by atoms with Gasteiger partial charge in [0.15, 0.2) is 16.9 Å². The summed E-state index contributed by atoms with van der Waals surface area (Å²) < 4.78 is 23.0. The van der Waals surface area contributed by atoms with E-state index in [0.717, 1.165) is 28.7 Å². The highest BCUT2D eigenvalue weighted by Gasteiger charge is 2.43. The van der Waals surface area contributed by atoms with Gasteiger partial charge in [0.2, 0.25) is 12.6 Å². The summed E-state index contributed by atoms with van der Waals surface area (Å²) in [5.41, 5.74) is 4.22. The number of benzene rings is 3. The van der Waals surface area contributed by atoms with Crippen molar-refractivity contribution < 1.29 is 23.4 Å². The van der Waals surface area contributed by atoms with Gasteiger partial charge < -0.3 is 23.5 Å². The van der Waals surface area contributed by atoms with Gasteiger partial charge in [-0.25, -0.2) is 0 Å². The second-order valence-corrected chi connectivity index (χ2v) is 9.55. The van der Waals surface area contributed by atoms with E-state index in [-0.39, 0.29) is 30.4 Å². The Bertz CT molecular complexity index is 1600. The van der Waals surface area contributed by atoms with Crippen molar-refractivity contribution in [3.05, 3.63) is 98.4 Å². The van der Waals surface area contributed by atoms with Crippen molar-refractivity contribution in [2.75, 3.05) is 13.4 Å². The van der Waals surface area contributed by atoms with Crippen molar-refractivity contribution in [3.63, 3.8) is 0 Å². The third-order valence-electron chi connectivity index (χ3n) is 7.02. The molecule has 0 saturated carbocycles. The maximum atomic E-state index is 13.9. The molecule has 188 valence electrons. The highest BCUT2D eigenvalue weighted by atomic mass is 16.7. The summed E-state index contributed by atoms with van der Waals surface area (Å²) >= 11 is 0. The molecule has 0 saturated heterocycles. The fourth-order valence-electron chi connectivity index (χ4n) is 5.02. The first-order chi connectivity index (χ1) is 17.9. The Kier molecular flexibility index (Phi) is 5.63. The Labute approximate surface area is 214 Å². The monoisotopic (exact) mass is 497 g/mol. The van der Waals surface area contributed by atoms with E-state index < -0.39 is 6.04 Å². The first-order valence-electron chi connectivity index (χ1n) is 12.4. The van der Waals surface area contributed by atoms with Crippen LogP contribution in [0.5, 0.6) is 17.2 Å². The van der Waals surface area contributed by atoms with E-state index in [4.69, 9.17) is 18.6 Å². The normalized spacial score (nSPS) is 15.9. The standard InChI is InChI=1S/C30H27NO6/c1-4-10-34-21-7-5-6-20(14-21)27-26-28(32)22-11-17(2)18(3)12-24(22)37-29(26)30(33)31(27)15-19-8-9-23-25(13-19)36-16-35-23/h5-9,11-14,27H,4,10,15-16H2,1-3H3. The fourth-order valence-corrected chi connectivity index (χ4v) is 5.02. The Morgan fingerprint density at radius 1 is 0.973 bits per heavy atom. The Balaban J connectivity index is 1.51. The molecule has 37 heavy (non-hydrogen) atoms. The maximum Gasteiger partial charge on any atom is 0.291 e. The lowest BCUT2D eigenvalue weighted by molar-refractivity contribution is 0.0714. The van der Waals surface area contributed by atoms with E-state index in [9.17, 15) is 9.59 Å². The Hall–Kier alpha value is -4.26. The lowest BCUT2D eigenvalue weighted by Crippen LogP contribution is -2.29. The van der Waals surface area contributed by atoms with Crippen molar-refractivity contribution in [1.82, 2.24) is 4.90 Å². The lowest BCUT2D eigenvalue weighted by Gasteiger charge is -2.25. The number of hydrogen-bond donors (Lipinski definition) is 0. The first-order valence-corrected chi connectivity index (χ1v) is 12.4. The minimum absolute atomic E-state index is 0.0892. The van der Waals surface area contributed by atoms with Crippen LogP contribution in [-0.4, -0.2) is 24.2 Å². The molecule has 1 aromatic heterocycles. The molecule has 0 radical (unpaired) electrons. The molecule has 7 heteroatoms. The molecule has 2 aliphatic heterocycles. The molecule has 7 nitrogen and oxygen atoms in total. The number of amides is 1. The third-order valence-corrected chi connectivity index (χ3v) is 7.02. The summed E-state index contributed by atoms with van der Waals surface area (Å²) in [5, 5.41) is 0.475. The zero-order valence-electron chi connectivity index (χ0n) is 21.0. The van der Waals surface area contributed by atoms with Crippen LogP contribution in [0.15, 0.2) is 63.8 Å². The van der Waals surface area contributed by atoms with Crippen molar-refractivity contribution in [3.8, 4) is 17.2 Å². The quantitative estimate of drug-likeness (QED) is 0.341. The van der Waals surface area contributed by atoms with Gasteiger partial charge in [-0.1, -0.05) is 25.1 Å². The predicted molar refractivity (Wildman–Crippen MR) is 138 cm³/mol. The highest BCUT2D eigenvalue weighted by molar-refractivity contribution is 5.99. The summed E-state index contributed by atoms with van der Waals surface area (Å²) in [7, 11) is 0. The highest BCUT2D eigenvalue weighted by Crippen LogP contribution is 2.41. The van der Waals surface area contributed by atoms with Crippen LogP contribution in [0.25, 0.3) is 11.0 Å². The van der Waals surface area contributed by atoms with Crippen LogP contribution >= 0.6 is 0 Å². The molecule has 0 aliphatic carbocycles. The minimum Gasteiger partial charge on any atom is -0.494 e. The van der Waals surface area contributed by atoms with Crippen LogP contribution in [0.2, 0.25) is 0 Å². The van der Waals surface area contributed by atoms with Gasteiger partial charge in [-0.15, -0.1) is 0 Å². The van der Waals surface area contributed by atoms with Gasteiger partial charge in [-0.2, -0.15) is 0 Å². The van der Waals surface area contributed by atoms with E-state index in [1.165, 1.54) is 0 Å². The SMILES string of the molecule is CCCOc1cccc(C2c3c(oc4cc(C)c(C)cc4c3=O)C(=O)N2Cc2ccc3c(c2)OCO3)c1. The van der Waals surface area contributed by atoms with Gasteiger partial charge in [0.05, 0.1) is 23.6 Å². The molecule has 2 aliphatic rings. The largest absolute Gasteiger partial charge is 0.494 e. The molecule has 4 aromatic rings. The van der Waals surface area contributed by atoms with Crippen LogP contribution in [0, 0.1) is 13.8 Å². The van der Waals surface area contributed by atoms with Gasteiger partial charge in [0, 0.05) is 6.54 Å². The first kappa shape index (κ1) is 23.2. The molecular formula is C30H27NO6. The Morgan fingerprint density at radius 2 is 1.78 bits per heavy atom. The van der Waals surface area contributed by atoms with Crippen molar-refractivity contribution in [1.29, 1.82) is 0 Å². The van der Waals surface area contributed by atoms with Gasteiger partial charge in [0.1, 0.15) is 11.3 Å².